The Bertz CT molecular complexity index is 1240. The molecule has 0 saturated heterocycles. The van der Waals surface area contributed by atoms with Gasteiger partial charge in [0.2, 0.25) is 0 Å². The molecule has 0 atom stereocenters. The number of esters is 1. The van der Waals surface area contributed by atoms with Crippen molar-refractivity contribution >= 4 is 21.7 Å². The molecule has 0 aliphatic heterocycles. The van der Waals surface area contributed by atoms with Gasteiger partial charge in [0, 0.05) is 23.5 Å². The molecule has 0 aliphatic carbocycles. The Labute approximate surface area is 183 Å². The number of sulfonamides is 1. The third-order valence-corrected chi connectivity index (χ3v) is 6.17. The summed E-state index contributed by atoms with van der Waals surface area (Å²) in [6.07, 6.45) is -1.46. The normalized spacial score (nSPS) is 11.8. The van der Waals surface area contributed by atoms with Gasteiger partial charge in [-0.1, -0.05) is 25.1 Å². The number of carbonyl (C=O) groups excluding carboxylic acids is 1. The van der Waals surface area contributed by atoms with Gasteiger partial charge in [0.15, 0.2) is 0 Å². The lowest BCUT2D eigenvalue weighted by Crippen LogP contribution is -2.17. The number of carbonyl (C=O) groups is 1. The van der Waals surface area contributed by atoms with Crippen LogP contribution in [0.15, 0.2) is 65.8 Å². The van der Waals surface area contributed by atoms with Crippen LogP contribution in [0.2, 0.25) is 0 Å². The van der Waals surface area contributed by atoms with Crippen LogP contribution in [0.4, 0.5) is 18.9 Å². The van der Waals surface area contributed by atoms with E-state index in [0.29, 0.717) is 17.5 Å². The van der Waals surface area contributed by atoms with Gasteiger partial charge in [-0.3, -0.25) is 9.71 Å². The number of hydrogen-bond donors (Lipinski definition) is 1. The zero-order valence-electron chi connectivity index (χ0n) is 17.1. The topological polar surface area (TPSA) is 85.4 Å². The van der Waals surface area contributed by atoms with Crippen LogP contribution >= 0.6 is 0 Å². The number of aryl methyl sites for hydroxylation is 1. The van der Waals surface area contributed by atoms with E-state index >= 15 is 0 Å². The number of methoxy groups -OCH3 is 1. The number of pyridine rings is 1. The van der Waals surface area contributed by atoms with Crippen LogP contribution in [0.5, 0.6) is 0 Å². The highest BCUT2D eigenvalue weighted by atomic mass is 32.2. The number of anilines is 1. The molecule has 1 heterocycles. The number of alkyl halides is 3. The summed E-state index contributed by atoms with van der Waals surface area (Å²) in [4.78, 5) is 15.6. The van der Waals surface area contributed by atoms with E-state index in [0.717, 1.165) is 25.3 Å². The second-order valence-corrected chi connectivity index (χ2v) is 8.42. The predicted molar refractivity (Wildman–Crippen MR) is 113 cm³/mol. The number of halogens is 3. The Morgan fingerprint density at radius 1 is 1.12 bits per heavy atom. The molecule has 0 bridgehead atoms. The highest BCUT2D eigenvalue weighted by Gasteiger charge is 2.32. The molecule has 0 fully saturated rings. The van der Waals surface area contributed by atoms with Crippen molar-refractivity contribution in [3.8, 4) is 11.1 Å². The van der Waals surface area contributed by atoms with Crippen LogP contribution < -0.4 is 4.72 Å². The Morgan fingerprint density at radius 2 is 1.88 bits per heavy atom. The zero-order valence-corrected chi connectivity index (χ0v) is 17.9. The van der Waals surface area contributed by atoms with E-state index in [2.05, 4.69) is 14.4 Å². The van der Waals surface area contributed by atoms with E-state index in [1.54, 1.807) is 19.1 Å². The van der Waals surface area contributed by atoms with E-state index in [1.165, 1.54) is 30.6 Å². The first kappa shape index (κ1) is 23.3. The summed E-state index contributed by atoms with van der Waals surface area (Å²) in [6.45, 7) is 1.72. The first-order chi connectivity index (χ1) is 15.1. The Balaban J connectivity index is 2.15. The fourth-order valence-electron chi connectivity index (χ4n) is 3.12. The molecule has 6 nitrogen and oxygen atoms in total. The monoisotopic (exact) mass is 464 g/mol. The molecule has 3 rings (SSSR count). The lowest BCUT2D eigenvalue weighted by atomic mass is 10.0. The number of ether oxygens (including phenoxy) is 1. The average molecular weight is 464 g/mol. The van der Waals surface area contributed by atoms with E-state index in [1.807, 2.05) is 0 Å². The molecule has 0 saturated carbocycles. The van der Waals surface area contributed by atoms with Crippen molar-refractivity contribution in [2.24, 2.45) is 0 Å². The van der Waals surface area contributed by atoms with E-state index < -0.39 is 27.7 Å². The summed E-state index contributed by atoms with van der Waals surface area (Å²) in [5.41, 5.74) is -0.239. The van der Waals surface area contributed by atoms with Crippen molar-refractivity contribution in [1.29, 1.82) is 0 Å². The number of benzene rings is 2. The van der Waals surface area contributed by atoms with Crippen molar-refractivity contribution in [1.82, 2.24) is 4.98 Å². The van der Waals surface area contributed by atoms with Gasteiger partial charge < -0.3 is 4.74 Å². The first-order valence-electron chi connectivity index (χ1n) is 9.42. The Morgan fingerprint density at radius 3 is 2.47 bits per heavy atom. The summed E-state index contributed by atoms with van der Waals surface area (Å²) >= 11 is 0. The SMILES string of the molecule is CCc1ccc(C(=O)OC)cc1S(=O)(=O)Nc1cc(C(F)(F)F)ccc1-c1cccnc1. The minimum absolute atomic E-state index is 0.00148. The molecule has 0 unspecified atom stereocenters. The third-order valence-electron chi connectivity index (χ3n) is 4.72. The maximum absolute atomic E-state index is 13.3. The quantitative estimate of drug-likeness (QED) is 0.524. The van der Waals surface area contributed by atoms with Gasteiger partial charge in [-0.15, -0.1) is 0 Å². The van der Waals surface area contributed by atoms with E-state index in [-0.39, 0.29) is 21.7 Å². The molecule has 0 spiro atoms. The van der Waals surface area contributed by atoms with Crippen LogP contribution in [0.1, 0.15) is 28.4 Å². The lowest BCUT2D eigenvalue weighted by molar-refractivity contribution is -0.137. The summed E-state index contributed by atoms with van der Waals surface area (Å²) in [6, 6.07) is 10.0. The van der Waals surface area contributed by atoms with E-state index in [9.17, 15) is 26.4 Å². The summed E-state index contributed by atoms with van der Waals surface area (Å²) in [7, 11) is -3.20. The van der Waals surface area contributed by atoms with E-state index in [4.69, 9.17) is 0 Å². The van der Waals surface area contributed by atoms with Crippen LogP contribution in [0.25, 0.3) is 11.1 Å². The van der Waals surface area contributed by atoms with Crippen LogP contribution in [0.3, 0.4) is 0 Å². The zero-order chi connectivity index (χ0) is 23.5. The molecule has 1 aromatic heterocycles. The second-order valence-electron chi connectivity index (χ2n) is 6.77. The fourth-order valence-corrected chi connectivity index (χ4v) is 4.53. The maximum atomic E-state index is 13.3. The molecule has 168 valence electrons. The molecule has 0 aliphatic rings. The number of nitrogens with zero attached hydrogens (tertiary/aromatic N) is 1. The van der Waals surface area contributed by atoms with Crippen molar-refractivity contribution in [3.63, 3.8) is 0 Å². The molecule has 2 aromatic carbocycles. The number of aromatic nitrogens is 1. The summed E-state index contributed by atoms with van der Waals surface area (Å²) in [5.74, 6) is -0.737. The van der Waals surface area contributed by atoms with Gasteiger partial charge >= 0.3 is 12.1 Å². The second kappa shape index (κ2) is 8.99. The molecule has 10 heteroatoms. The fraction of sp³-hybridized carbons (Fsp3) is 0.182. The number of hydrogen-bond acceptors (Lipinski definition) is 5. The van der Waals surface area contributed by atoms with Crippen LogP contribution in [-0.2, 0) is 27.4 Å². The van der Waals surface area contributed by atoms with Gasteiger partial charge in [0.1, 0.15) is 0 Å². The number of rotatable bonds is 6. The van der Waals surface area contributed by atoms with Gasteiger partial charge in [-0.05, 0) is 42.3 Å². The Hall–Kier alpha value is -3.40. The van der Waals surface area contributed by atoms with Crippen molar-refractivity contribution in [2.75, 3.05) is 11.8 Å². The molecule has 32 heavy (non-hydrogen) atoms. The minimum atomic E-state index is -4.67. The number of nitrogens with one attached hydrogen (secondary N) is 1. The van der Waals surface area contributed by atoms with Gasteiger partial charge in [-0.2, -0.15) is 13.2 Å². The third kappa shape index (κ3) is 4.91. The predicted octanol–water partition coefficient (Wildman–Crippen LogP) is 4.92. The van der Waals surface area contributed by atoms with Crippen molar-refractivity contribution in [3.05, 3.63) is 77.6 Å². The molecular weight excluding hydrogens is 445 g/mol. The van der Waals surface area contributed by atoms with Gasteiger partial charge in [0.25, 0.3) is 10.0 Å². The van der Waals surface area contributed by atoms with Crippen LogP contribution in [-0.4, -0.2) is 26.5 Å². The highest BCUT2D eigenvalue weighted by Crippen LogP contribution is 2.37. The lowest BCUT2D eigenvalue weighted by Gasteiger charge is -2.17. The van der Waals surface area contributed by atoms with Gasteiger partial charge in [-0.25, -0.2) is 13.2 Å². The maximum Gasteiger partial charge on any atom is 0.416 e. The van der Waals surface area contributed by atoms with Crippen LogP contribution in [0, 0.1) is 0 Å². The summed E-state index contributed by atoms with van der Waals surface area (Å²) in [5, 5.41) is 0. The molecule has 0 amide bonds. The van der Waals surface area contributed by atoms with Crippen molar-refractivity contribution < 1.29 is 31.1 Å². The molecule has 3 aromatic rings. The molecular formula is C22H19F3N2O4S. The smallest absolute Gasteiger partial charge is 0.416 e. The standard InChI is InChI=1S/C22H19F3N2O4S/c1-3-14-6-7-15(21(28)31-2)11-20(14)32(29,30)27-19-12-17(22(23,24)25)8-9-18(19)16-5-4-10-26-13-16/h4-13,27H,3H2,1-2H3. The first-order valence-corrected chi connectivity index (χ1v) is 10.9. The van der Waals surface area contributed by atoms with Gasteiger partial charge in [0.05, 0.1) is 28.8 Å². The Kier molecular flexibility index (Phi) is 6.54. The summed E-state index contributed by atoms with van der Waals surface area (Å²) < 4.78 is 73.3. The molecule has 0 radical (unpaired) electrons. The highest BCUT2D eigenvalue weighted by molar-refractivity contribution is 7.92. The average Bonchev–Trinajstić information content (AvgIpc) is 2.77. The van der Waals surface area contributed by atoms with Crippen molar-refractivity contribution in [2.45, 2.75) is 24.4 Å². The largest absolute Gasteiger partial charge is 0.465 e. The molecule has 1 N–H and O–H groups in total. The minimum Gasteiger partial charge on any atom is -0.465 e.